The summed E-state index contributed by atoms with van der Waals surface area (Å²) >= 11 is 0. The number of hydrogen-bond donors (Lipinski definition) is 1. The van der Waals surface area contributed by atoms with Crippen molar-refractivity contribution < 1.29 is 5.11 Å². The van der Waals surface area contributed by atoms with E-state index in [4.69, 9.17) is 5.11 Å². The Morgan fingerprint density at radius 3 is 2.15 bits per heavy atom. The molecule has 0 aromatic rings. The SMILES string of the molecule is CCN(C)CCCN(CC)CCO. The topological polar surface area (TPSA) is 26.7 Å². The molecule has 0 saturated heterocycles. The molecule has 0 aromatic carbocycles. The van der Waals surface area contributed by atoms with E-state index in [0.717, 1.165) is 32.7 Å². The molecular weight excluding hydrogens is 164 g/mol. The highest BCUT2D eigenvalue weighted by Crippen LogP contribution is 1.92. The highest BCUT2D eigenvalue weighted by Gasteiger charge is 2.01. The average molecular weight is 188 g/mol. The monoisotopic (exact) mass is 188 g/mol. The quantitative estimate of drug-likeness (QED) is 0.605. The number of aliphatic hydroxyl groups excluding tert-OH is 1. The first-order valence-electron chi connectivity index (χ1n) is 5.26. The van der Waals surface area contributed by atoms with Gasteiger partial charge in [-0.25, -0.2) is 0 Å². The summed E-state index contributed by atoms with van der Waals surface area (Å²) in [5.41, 5.74) is 0. The molecule has 0 bridgehead atoms. The van der Waals surface area contributed by atoms with E-state index >= 15 is 0 Å². The Hall–Kier alpha value is -0.120. The van der Waals surface area contributed by atoms with Crippen molar-refractivity contribution in [3.63, 3.8) is 0 Å². The van der Waals surface area contributed by atoms with Crippen LogP contribution in [0.1, 0.15) is 20.3 Å². The van der Waals surface area contributed by atoms with E-state index in [-0.39, 0.29) is 6.61 Å². The van der Waals surface area contributed by atoms with E-state index in [2.05, 4.69) is 30.7 Å². The fourth-order valence-corrected chi connectivity index (χ4v) is 1.29. The van der Waals surface area contributed by atoms with Crippen LogP contribution in [0, 0.1) is 0 Å². The highest BCUT2D eigenvalue weighted by atomic mass is 16.3. The maximum Gasteiger partial charge on any atom is 0.0558 e. The van der Waals surface area contributed by atoms with Crippen molar-refractivity contribution in [2.75, 3.05) is 46.4 Å². The van der Waals surface area contributed by atoms with Gasteiger partial charge in [0.05, 0.1) is 6.61 Å². The van der Waals surface area contributed by atoms with Crippen molar-refractivity contribution in [1.29, 1.82) is 0 Å². The lowest BCUT2D eigenvalue weighted by Crippen LogP contribution is -2.30. The summed E-state index contributed by atoms with van der Waals surface area (Å²) in [4.78, 5) is 4.59. The molecule has 80 valence electrons. The third kappa shape index (κ3) is 6.99. The Balaban J connectivity index is 3.37. The summed E-state index contributed by atoms with van der Waals surface area (Å²) in [5, 5.41) is 8.77. The molecule has 0 aliphatic rings. The van der Waals surface area contributed by atoms with Gasteiger partial charge in [-0.1, -0.05) is 13.8 Å². The maximum absolute atomic E-state index is 8.77. The van der Waals surface area contributed by atoms with Crippen LogP contribution >= 0.6 is 0 Å². The first-order chi connectivity index (χ1) is 6.24. The molecule has 3 heteroatoms. The predicted octanol–water partition coefficient (Wildman–Crippen LogP) is 0.642. The van der Waals surface area contributed by atoms with Crippen LogP contribution < -0.4 is 0 Å². The molecule has 0 aliphatic carbocycles. The van der Waals surface area contributed by atoms with E-state index in [1.165, 1.54) is 6.42 Å². The zero-order valence-electron chi connectivity index (χ0n) is 9.29. The third-order valence-corrected chi connectivity index (χ3v) is 2.42. The second kappa shape index (κ2) is 8.48. The summed E-state index contributed by atoms with van der Waals surface area (Å²) in [6, 6.07) is 0. The van der Waals surface area contributed by atoms with Crippen molar-refractivity contribution in [2.24, 2.45) is 0 Å². The van der Waals surface area contributed by atoms with E-state index in [1.54, 1.807) is 0 Å². The van der Waals surface area contributed by atoms with Gasteiger partial charge in [-0.15, -0.1) is 0 Å². The minimum atomic E-state index is 0.275. The molecule has 3 nitrogen and oxygen atoms in total. The molecule has 0 rings (SSSR count). The van der Waals surface area contributed by atoms with Gasteiger partial charge >= 0.3 is 0 Å². The van der Waals surface area contributed by atoms with Crippen LogP contribution in [0.3, 0.4) is 0 Å². The van der Waals surface area contributed by atoms with Crippen LogP contribution in [0.5, 0.6) is 0 Å². The molecule has 0 aromatic heterocycles. The van der Waals surface area contributed by atoms with Crippen LogP contribution in [0.2, 0.25) is 0 Å². The fraction of sp³-hybridized carbons (Fsp3) is 1.00. The van der Waals surface area contributed by atoms with Crippen molar-refractivity contribution >= 4 is 0 Å². The molecule has 0 radical (unpaired) electrons. The van der Waals surface area contributed by atoms with Gasteiger partial charge in [0.1, 0.15) is 0 Å². The molecule has 13 heavy (non-hydrogen) atoms. The van der Waals surface area contributed by atoms with Gasteiger partial charge in [-0.05, 0) is 39.6 Å². The molecule has 0 spiro atoms. The highest BCUT2D eigenvalue weighted by molar-refractivity contribution is 4.56. The van der Waals surface area contributed by atoms with Crippen LogP contribution in [-0.2, 0) is 0 Å². The van der Waals surface area contributed by atoms with Gasteiger partial charge in [-0.2, -0.15) is 0 Å². The molecular formula is C10H24N2O. The summed E-state index contributed by atoms with van der Waals surface area (Å²) in [5.74, 6) is 0. The summed E-state index contributed by atoms with van der Waals surface area (Å²) < 4.78 is 0. The van der Waals surface area contributed by atoms with Gasteiger partial charge in [0.15, 0.2) is 0 Å². The number of nitrogens with zero attached hydrogens (tertiary/aromatic N) is 2. The molecule has 0 unspecified atom stereocenters. The minimum absolute atomic E-state index is 0.275. The van der Waals surface area contributed by atoms with Gasteiger partial charge in [0.25, 0.3) is 0 Å². The Morgan fingerprint density at radius 1 is 1.00 bits per heavy atom. The lowest BCUT2D eigenvalue weighted by Gasteiger charge is -2.20. The number of aliphatic hydroxyl groups is 1. The molecule has 1 N–H and O–H groups in total. The molecule has 0 fully saturated rings. The van der Waals surface area contributed by atoms with Crippen molar-refractivity contribution in [1.82, 2.24) is 9.80 Å². The smallest absolute Gasteiger partial charge is 0.0558 e. The molecule has 0 heterocycles. The largest absolute Gasteiger partial charge is 0.395 e. The summed E-state index contributed by atoms with van der Waals surface area (Å²) in [6.07, 6.45) is 1.19. The van der Waals surface area contributed by atoms with Crippen molar-refractivity contribution in [2.45, 2.75) is 20.3 Å². The maximum atomic E-state index is 8.77. The second-order valence-corrected chi connectivity index (χ2v) is 3.41. The molecule has 0 atom stereocenters. The first-order valence-corrected chi connectivity index (χ1v) is 5.26. The van der Waals surface area contributed by atoms with Crippen molar-refractivity contribution in [3.05, 3.63) is 0 Å². The zero-order chi connectivity index (χ0) is 10.1. The van der Waals surface area contributed by atoms with E-state index in [9.17, 15) is 0 Å². The summed E-state index contributed by atoms with van der Waals surface area (Å²) in [6.45, 7) is 9.80. The molecule has 0 saturated carbocycles. The van der Waals surface area contributed by atoms with Gasteiger partial charge < -0.3 is 14.9 Å². The first kappa shape index (κ1) is 12.9. The van der Waals surface area contributed by atoms with Crippen LogP contribution in [0.25, 0.3) is 0 Å². The number of likely N-dealkylation sites (N-methyl/N-ethyl adjacent to an activating group) is 1. The van der Waals surface area contributed by atoms with Crippen LogP contribution in [-0.4, -0.2) is 61.3 Å². The van der Waals surface area contributed by atoms with E-state index < -0.39 is 0 Å². The third-order valence-electron chi connectivity index (χ3n) is 2.42. The van der Waals surface area contributed by atoms with E-state index in [0.29, 0.717) is 0 Å². The lowest BCUT2D eigenvalue weighted by atomic mass is 10.3. The Morgan fingerprint density at radius 2 is 1.69 bits per heavy atom. The van der Waals surface area contributed by atoms with Gasteiger partial charge in [-0.3, -0.25) is 0 Å². The lowest BCUT2D eigenvalue weighted by molar-refractivity contribution is 0.194. The van der Waals surface area contributed by atoms with E-state index in [1.807, 2.05) is 0 Å². The standard InChI is InChI=1S/C10H24N2O/c1-4-11(3)7-6-8-12(5-2)9-10-13/h13H,4-10H2,1-3H3. The minimum Gasteiger partial charge on any atom is -0.395 e. The van der Waals surface area contributed by atoms with Gasteiger partial charge in [0.2, 0.25) is 0 Å². The van der Waals surface area contributed by atoms with Crippen LogP contribution in [0.4, 0.5) is 0 Å². The fourth-order valence-electron chi connectivity index (χ4n) is 1.29. The predicted molar refractivity (Wildman–Crippen MR) is 57.0 cm³/mol. The second-order valence-electron chi connectivity index (χ2n) is 3.41. The normalized spacial score (nSPS) is 11.5. The molecule has 0 amide bonds. The van der Waals surface area contributed by atoms with Crippen molar-refractivity contribution in [3.8, 4) is 0 Å². The summed E-state index contributed by atoms with van der Waals surface area (Å²) in [7, 11) is 2.14. The Kier molecular flexibility index (Phi) is 8.40. The van der Waals surface area contributed by atoms with Crippen LogP contribution in [0.15, 0.2) is 0 Å². The number of hydrogen-bond acceptors (Lipinski definition) is 3. The molecule has 0 aliphatic heterocycles. The van der Waals surface area contributed by atoms with Gasteiger partial charge in [0, 0.05) is 6.54 Å². The zero-order valence-corrected chi connectivity index (χ0v) is 9.29. The Bertz CT molecular complexity index is 109. The average Bonchev–Trinajstić information content (AvgIpc) is 2.16. The Labute approximate surface area is 82.3 Å². The number of rotatable bonds is 8.